The number of anilines is 1. The van der Waals surface area contributed by atoms with E-state index in [1.807, 2.05) is 49.6 Å². The molecule has 0 saturated carbocycles. The van der Waals surface area contributed by atoms with Crippen molar-refractivity contribution in [2.45, 2.75) is 25.8 Å². The van der Waals surface area contributed by atoms with Gasteiger partial charge in [0, 0.05) is 25.3 Å². The van der Waals surface area contributed by atoms with Crippen LogP contribution in [0.4, 0.5) is 5.69 Å². The molecule has 0 aliphatic carbocycles. The van der Waals surface area contributed by atoms with Crippen LogP contribution in [-0.4, -0.2) is 51.6 Å². The molecule has 1 amide bonds. The van der Waals surface area contributed by atoms with Gasteiger partial charge in [-0.2, -0.15) is 0 Å². The molecule has 0 unspecified atom stereocenters. The summed E-state index contributed by atoms with van der Waals surface area (Å²) in [7, 11) is 0. The number of para-hydroxylation sites is 2. The molecule has 1 aliphatic heterocycles. The number of fused-ring (bicyclic) bond motifs is 1. The number of nitrogens with zero attached hydrogens (tertiary/aromatic N) is 4. The molecular formula is C21H25N5O2. The van der Waals surface area contributed by atoms with Crippen LogP contribution in [0.15, 0.2) is 48.9 Å². The van der Waals surface area contributed by atoms with Crippen molar-refractivity contribution in [1.82, 2.24) is 19.4 Å². The van der Waals surface area contributed by atoms with Crippen molar-refractivity contribution >= 4 is 22.8 Å². The summed E-state index contributed by atoms with van der Waals surface area (Å²) >= 11 is 0. The maximum Gasteiger partial charge on any atom is 0.238 e. The van der Waals surface area contributed by atoms with E-state index in [0.717, 1.165) is 42.8 Å². The Bertz CT molecular complexity index is 947. The van der Waals surface area contributed by atoms with Gasteiger partial charge in [-0.25, -0.2) is 9.97 Å². The van der Waals surface area contributed by atoms with Crippen molar-refractivity contribution in [3.63, 3.8) is 0 Å². The standard InChI is InChI=1S/C21H25N5O2/c1-2-28-19-8-4-3-6-17(19)24-20(27)14-25-12-9-16(10-13-25)26-15-23-18-7-5-11-22-21(18)26/h3-8,11,15-16H,2,9-10,12-14H2,1H3,(H,24,27). The van der Waals surface area contributed by atoms with Crippen LogP contribution in [0.2, 0.25) is 0 Å². The molecule has 0 spiro atoms. The number of aromatic nitrogens is 3. The van der Waals surface area contributed by atoms with Crippen molar-refractivity contribution in [3.05, 3.63) is 48.9 Å². The fraction of sp³-hybridized carbons (Fsp3) is 0.381. The van der Waals surface area contributed by atoms with E-state index >= 15 is 0 Å². The molecule has 146 valence electrons. The highest BCUT2D eigenvalue weighted by Crippen LogP contribution is 2.26. The first-order valence-corrected chi connectivity index (χ1v) is 9.76. The molecule has 3 aromatic rings. The molecule has 1 fully saturated rings. The van der Waals surface area contributed by atoms with Crippen LogP contribution < -0.4 is 10.1 Å². The first kappa shape index (κ1) is 18.4. The molecule has 2 aromatic heterocycles. The van der Waals surface area contributed by atoms with Gasteiger partial charge in [-0.15, -0.1) is 0 Å². The summed E-state index contributed by atoms with van der Waals surface area (Å²) in [5, 5.41) is 2.97. The van der Waals surface area contributed by atoms with Gasteiger partial charge in [0.25, 0.3) is 0 Å². The van der Waals surface area contributed by atoms with Crippen molar-refractivity contribution in [1.29, 1.82) is 0 Å². The summed E-state index contributed by atoms with van der Waals surface area (Å²) in [6.45, 7) is 4.63. The third-order valence-electron chi connectivity index (χ3n) is 5.11. The lowest BCUT2D eigenvalue weighted by Crippen LogP contribution is -2.39. The van der Waals surface area contributed by atoms with E-state index in [1.54, 1.807) is 6.20 Å². The molecule has 1 aliphatic rings. The average Bonchev–Trinajstić information content (AvgIpc) is 3.14. The SMILES string of the molecule is CCOc1ccccc1NC(=O)CN1CCC(n2cnc3cccnc32)CC1. The quantitative estimate of drug-likeness (QED) is 0.712. The summed E-state index contributed by atoms with van der Waals surface area (Å²) in [4.78, 5) is 23.6. The number of carbonyl (C=O) groups excluding carboxylic acids is 1. The molecule has 1 N–H and O–H groups in total. The Morgan fingerprint density at radius 2 is 2.00 bits per heavy atom. The Balaban J connectivity index is 1.33. The summed E-state index contributed by atoms with van der Waals surface area (Å²) < 4.78 is 7.75. The highest BCUT2D eigenvalue weighted by atomic mass is 16.5. The Kier molecular flexibility index (Phi) is 5.53. The number of carbonyl (C=O) groups is 1. The van der Waals surface area contributed by atoms with E-state index in [0.29, 0.717) is 24.9 Å². The van der Waals surface area contributed by atoms with Gasteiger partial charge in [0.1, 0.15) is 11.3 Å². The van der Waals surface area contributed by atoms with Gasteiger partial charge in [-0.1, -0.05) is 12.1 Å². The molecule has 0 bridgehead atoms. The Hall–Kier alpha value is -2.93. The molecule has 1 aromatic carbocycles. The number of imidazole rings is 1. The van der Waals surface area contributed by atoms with Gasteiger partial charge in [0.05, 0.1) is 25.2 Å². The van der Waals surface area contributed by atoms with Crippen LogP contribution in [0.25, 0.3) is 11.2 Å². The number of benzene rings is 1. The van der Waals surface area contributed by atoms with E-state index in [-0.39, 0.29) is 5.91 Å². The molecule has 0 atom stereocenters. The van der Waals surface area contributed by atoms with Crippen LogP contribution in [0.5, 0.6) is 5.75 Å². The van der Waals surface area contributed by atoms with Gasteiger partial charge in [0.15, 0.2) is 5.65 Å². The molecule has 7 nitrogen and oxygen atoms in total. The number of hydrogen-bond donors (Lipinski definition) is 1. The highest BCUT2D eigenvalue weighted by Gasteiger charge is 2.23. The second-order valence-electron chi connectivity index (χ2n) is 6.98. The average molecular weight is 379 g/mol. The van der Waals surface area contributed by atoms with E-state index in [9.17, 15) is 4.79 Å². The number of likely N-dealkylation sites (tertiary alicyclic amines) is 1. The summed E-state index contributed by atoms with van der Waals surface area (Å²) in [6, 6.07) is 11.8. The van der Waals surface area contributed by atoms with Crippen LogP contribution in [0.1, 0.15) is 25.8 Å². The molecule has 0 radical (unpaired) electrons. The van der Waals surface area contributed by atoms with Gasteiger partial charge in [0.2, 0.25) is 5.91 Å². The number of hydrogen-bond acceptors (Lipinski definition) is 5. The fourth-order valence-corrected chi connectivity index (χ4v) is 3.73. The molecule has 1 saturated heterocycles. The number of ether oxygens (including phenoxy) is 1. The summed E-state index contributed by atoms with van der Waals surface area (Å²) in [5.41, 5.74) is 2.59. The lowest BCUT2D eigenvalue weighted by molar-refractivity contribution is -0.117. The number of rotatable bonds is 6. The van der Waals surface area contributed by atoms with Gasteiger partial charge in [-0.05, 0) is 44.0 Å². The fourth-order valence-electron chi connectivity index (χ4n) is 3.73. The monoisotopic (exact) mass is 379 g/mol. The summed E-state index contributed by atoms with van der Waals surface area (Å²) in [6.07, 6.45) is 5.64. The van der Waals surface area contributed by atoms with Crippen molar-refractivity contribution < 1.29 is 9.53 Å². The molecular weight excluding hydrogens is 354 g/mol. The van der Waals surface area contributed by atoms with Gasteiger partial charge in [-0.3, -0.25) is 9.69 Å². The van der Waals surface area contributed by atoms with Crippen molar-refractivity contribution in [2.24, 2.45) is 0 Å². The van der Waals surface area contributed by atoms with Crippen molar-refractivity contribution in [2.75, 3.05) is 31.6 Å². The number of amides is 1. The van der Waals surface area contributed by atoms with Gasteiger partial charge < -0.3 is 14.6 Å². The third-order valence-corrected chi connectivity index (χ3v) is 5.11. The maximum atomic E-state index is 12.5. The van der Waals surface area contributed by atoms with Crippen LogP contribution in [-0.2, 0) is 4.79 Å². The number of pyridine rings is 1. The normalized spacial score (nSPS) is 15.6. The topological polar surface area (TPSA) is 72.3 Å². The maximum absolute atomic E-state index is 12.5. The first-order chi connectivity index (χ1) is 13.7. The Morgan fingerprint density at radius 1 is 1.18 bits per heavy atom. The zero-order valence-corrected chi connectivity index (χ0v) is 16.0. The van der Waals surface area contributed by atoms with E-state index in [4.69, 9.17) is 4.74 Å². The minimum absolute atomic E-state index is 0.0136. The van der Waals surface area contributed by atoms with Crippen LogP contribution >= 0.6 is 0 Å². The highest BCUT2D eigenvalue weighted by molar-refractivity contribution is 5.93. The molecule has 7 heteroatoms. The molecule has 28 heavy (non-hydrogen) atoms. The lowest BCUT2D eigenvalue weighted by atomic mass is 10.0. The minimum atomic E-state index is -0.0136. The predicted octanol–water partition coefficient (Wildman–Crippen LogP) is 3.11. The van der Waals surface area contributed by atoms with E-state index in [1.165, 1.54) is 0 Å². The third kappa shape index (κ3) is 3.99. The van der Waals surface area contributed by atoms with Crippen LogP contribution in [0.3, 0.4) is 0 Å². The number of piperidine rings is 1. The molecule has 3 heterocycles. The summed E-state index contributed by atoms with van der Waals surface area (Å²) in [5.74, 6) is 0.692. The zero-order valence-electron chi connectivity index (χ0n) is 16.0. The largest absolute Gasteiger partial charge is 0.492 e. The number of nitrogens with one attached hydrogen (secondary N) is 1. The first-order valence-electron chi connectivity index (χ1n) is 9.76. The zero-order chi connectivity index (χ0) is 19.3. The van der Waals surface area contributed by atoms with Crippen LogP contribution in [0, 0.1) is 0 Å². The Morgan fingerprint density at radius 3 is 2.82 bits per heavy atom. The molecule has 4 rings (SSSR count). The predicted molar refractivity (Wildman–Crippen MR) is 108 cm³/mol. The second-order valence-corrected chi connectivity index (χ2v) is 6.98. The van der Waals surface area contributed by atoms with Crippen molar-refractivity contribution in [3.8, 4) is 5.75 Å². The van der Waals surface area contributed by atoms with E-state index < -0.39 is 0 Å². The second kappa shape index (κ2) is 8.39. The van der Waals surface area contributed by atoms with E-state index in [2.05, 4.69) is 24.8 Å². The lowest BCUT2D eigenvalue weighted by Gasteiger charge is -2.32. The smallest absolute Gasteiger partial charge is 0.238 e. The minimum Gasteiger partial charge on any atom is -0.492 e. The van der Waals surface area contributed by atoms with Gasteiger partial charge >= 0.3 is 0 Å². The Labute approximate surface area is 164 Å².